The van der Waals surface area contributed by atoms with Gasteiger partial charge in [0.15, 0.2) is 12.0 Å². The molecule has 3 atom stereocenters. The molecule has 0 amide bonds. The van der Waals surface area contributed by atoms with Gasteiger partial charge in [0.2, 0.25) is 0 Å². The van der Waals surface area contributed by atoms with Gasteiger partial charge in [-0.1, -0.05) is 6.58 Å². The van der Waals surface area contributed by atoms with E-state index in [1.165, 1.54) is 13.8 Å². The highest BCUT2D eigenvalue weighted by Gasteiger charge is 2.10. The van der Waals surface area contributed by atoms with Crippen LogP contribution >= 0.6 is 9.90 Å². The molecule has 0 radical (unpaired) electrons. The minimum atomic E-state index is -2.81. The summed E-state index contributed by atoms with van der Waals surface area (Å²) in [5.74, 6) is -3.31. The number of hydrogen-bond acceptors (Lipinski definition) is 0. The minimum Gasteiger partial charge on any atom is -0.269 e. The molecular weight excluding hydrogens is 551 g/mol. The van der Waals surface area contributed by atoms with Crippen LogP contribution < -0.4 is 0 Å². The Morgan fingerprint density at radius 2 is 0.829 bits per heavy atom. The van der Waals surface area contributed by atoms with Crippen molar-refractivity contribution in [1.82, 2.24) is 0 Å². The summed E-state index contributed by atoms with van der Waals surface area (Å²) in [7, 11) is 0. The Labute approximate surface area is 197 Å². The molecule has 3 unspecified atom stereocenters. The van der Waals surface area contributed by atoms with Crippen molar-refractivity contribution in [1.29, 1.82) is 0 Å². The molecule has 0 aromatic rings. The molecule has 0 aliphatic rings. The number of halogens is 16. The second-order valence-corrected chi connectivity index (χ2v) is 4.81. The molecule has 0 saturated heterocycles. The minimum absolute atomic E-state index is 0. The molecule has 0 aromatic carbocycles. The molecule has 0 saturated carbocycles. The molecule has 0 aliphatic carbocycles. The zero-order valence-electron chi connectivity index (χ0n) is 19.6. The van der Waals surface area contributed by atoms with E-state index in [1.54, 1.807) is 0 Å². The fourth-order valence-corrected chi connectivity index (χ4v) is 0. The van der Waals surface area contributed by atoms with Gasteiger partial charge in [-0.25, -0.2) is 48.3 Å². The molecule has 0 aliphatic heterocycles. The lowest BCUT2D eigenvalue weighted by atomic mass is 10.5. The molecule has 0 nitrogen and oxygen atoms in total. The predicted molar refractivity (Wildman–Crippen MR) is 116 cm³/mol. The normalized spacial score (nSPS) is 10.4. The summed E-state index contributed by atoms with van der Waals surface area (Å²) in [5.41, 5.74) is 0. The van der Waals surface area contributed by atoms with Crippen LogP contribution in [0.5, 0.6) is 0 Å². The molecule has 222 valence electrons. The third-order valence-corrected chi connectivity index (χ3v) is 1.12. The van der Waals surface area contributed by atoms with Gasteiger partial charge in [0.25, 0.3) is 6.43 Å². The van der Waals surface area contributed by atoms with E-state index in [9.17, 15) is 57.1 Å². The van der Waals surface area contributed by atoms with Crippen molar-refractivity contribution >= 4 is 9.90 Å². The summed E-state index contributed by atoms with van der Waals surface area (Å²) in [6.45, 7) is 8.12. The van der Waals surface area contributed by atoms with E-state index in [0.29, 0.717) is 6.92 Å². The molecule has 0 aromatic heterocycles. The van der Waals surface area contributed by atoms with E-state index >= 15 is 0 Å². The molecule has 0 rings (SSSR count). The Balaban J connectivity index is -0.0000000263. The first-order chi connectivity index (χ1) is 13.8. The maximum Gasteiger partial charge on any atom is 0.301 e. The molecule has 0 fully saturated rings. The first kappa shape index (κ1) is 64.0. The zero-order chi connectivity index (χ0) is 26.7. The summed E-state index contributed by atoms with van der Waals surface area (Å²) >= 11 is 0. The number of rotatable bonds is 2. The first-order valence-electron chi connectivity index (χ1n) is 7.79. The third-order valence-electron chi connectivity index (χ3n) is 1.12. The second-order valence-electron chi connectivity index (χ2n) is 4.81. The van der Waals surface area contributed by atoms with Crippen LogP contribution in [-0.2, 0) is 0 Å². The molecule has 0 bridgehead atoms. The van der Waals surface area contributed by atoms with Crippen LogP contribution in [0.2, 0.25) is 0 Å². The highest BCUT2D eigenvalue weighted by Crippen LogP contribution is 2.05. The van der Waals surface area contributed by atoms with Crippen LogP contribution in [-0.4, -0.2) is 25.4 Å². The monoisotopic (exact) mass is 584 g/mol. The maximum atomic E-state index is 11.1. The van der Waals surface area contributed by atoms with Gasteiger partial charge >= 0.3 is 6.08 Å². The van der Waals surface area contributed by atoms with Gasteiger partial charge in [-0.3, -0.25) is 14.1 Å². The Morgan fingerprint density at radius 1 is 0.714 bits per heavy atom. The summed E-state index contributed by atoms with van der Waals surface area (Å²) in [4.78, 5) is 0. The third kappa shape index (κ3) is 196. The van der Waals surface area contributed by atoms with Gasteiger partial charge < -0.3 is 0 Å². The van der Waals surface area contributed by atoms with E-state index in [2.05, 4.69) is 6.58 Å². The van der Waals surface area contributed by atoms with Crippen LogP contribution in [0.25, 0.3) is 0 Å². The summed E-state index contributed by atoms with van der Waals surface area (Å²) in [6, 6.07) is 0. The molecule has 0 N–H and O–H groups in total. The Bertz CT molecular complexity index is 425. The fourth-order valence-electron chi connectivity index (χ4n) is 0. The van der Waals surface area contributed by atoms with Gasteiger partial charge in [-0.15, -0.1) is 0 Å². The summed E-state index contributed by atoms with van der Waals surface area (Å²) < 4.78 is 141. The molecular formula is C18H33F16P. The van der Waals surface area contributed by atoms with Crippen LogP contribution in [0.15, 0.2) is 48.6 Å². The highest BCUT2D eigenvalue weighted by atomic mass is 31.0. The molecule has 35 heavy (non-hydrogen) atoms. The molecule has 0 spiro atoms. The van der Waals surface area contributed by atoms with Gasteiger partial charge in [0.05, 0.1) is 5.83 Å². The smallest absolute Gasteiger partial charge is 0.269 e. The van der Waals surface area contributed by atoms with Crippen LogP contribution in [0.4, 0.5) is 71.2 Å². The predicted octanol–water partition coefficient (Wildman–Crippen LogP) is 10.6. The SMILES string of the molecule is C/C(F)=C\F.C/C(F)=C\F.C=C(C)F.CC(F)=C(F)F.CC(F)C(F)F.CC(F)CF.F.F.F.P. The quantitative estimate of drug-likeness (QED) is 0.224. The van der Waals surface area contributed by atoms with Gasteiger partial charge in [0.1, 0.15) is 37.2 Å². The van der Waals surface area contributed by atoms with E-state index in [4.69, 9.17) is 0 Å². The van der Waals surface area contributed by atoms with E-state index in [1.807, 2.05) is 0 Å². The standard InChI is InChI=1S/C3H5F3.C3H3F3.C3H6F2.2C3H4F2.C3H5F.3FH.H3P/c2*1-2(4)3(5)6;3*1-3(5)2-4;1-3(2)4;;;;/h2-3H,1H3;1H3;3H,2H2,1H3;2*2H,1H3;1H2,2H3;3*1H;1H3/b;;;2*3-2+;;;;;. The first-order valence-corrected chi connectivity index (χ1v) is 7.79. The van der Waals surface area contributed by atoms with E-state index in [-0.39, 0.29) is 42.5 Å². The molecule has 0 heterocycles. The van der Waals surface area contributed by atoms with E-state index in [0.717, 1.165) is 20.8 Å². The average molecular weight is 584 g/mol. The fraction of sp³-hybridized carbons (Fsp3) is 0.556. The van der Waals surface area contributed by atoms with Crippen molar-refractivity contribution < 1.29 is 71.2 Å². The lowest BCUT2D eigenvalue weighted by molar-refractivity contribution is 0.0603. The van der Waals surface area contributed by atoms with Crippen LogP contribution in [0, 0.1) is 0 Å². The molecule has 17 heteroatoms. The number of allylic oxidation sites excluding steroid dienone is 4. The van der Waals surface area contributed by atoms with Gasteiger partial charge in [0, 0.05) is 0 Å². The maximum absolute atomic E-state index is 11.1. The number of alkyl halides is 5. The van der Waals surface area contributed by atoms with Crippen molar-refractivity contribution in [2.24, 2.45) is 0 Å². The summed E-state index contributed by atoms with van der Waals surface area (Å²) in [5, 5.41) is 0. The Kier molecular flexibility index (Phi) is 90.3. The van der Waals surface area contributed by atoms with E-state index < -0.39 is 49.0 Å². The number of hydrogen-bond donors (Lipinski definition) is 0. The van der Waals surface area contributed by atoms with Crippen molar-refractivity contribution in [3.63, 3.8) is 0 Å². The zero-order valence-corrected chi connectivity index (χ0v) is 21.1. The lowest BCUT2D eigenvalue weighted by Gasteiger charge is -1.93. The Hall–Kier alpha value is -1.73. The van der Waals surface area contributed by atoms with Gasteiger partial charge in [-0.05, 0) is 41.5 Å². The second kappa shape index (κ2) is 49.4. The van der Waals surface area contributed by atoms with Crippen molar-refractivity contribution in [2.75, 3.05) is 6.67 Å². The lowest BCUT2D eigenvalue weighted by Crippen LogP contribution is -2.04. The van der Waals surface area contributed by atoms with Crippen molar-refractivity contribution in [2.45, 2.75) is 60.3 Å². The largest absolute Gasteiger partial charge is 0.301 e. The topological polar surface area (TPSA) is 0 Å². The average Bonchev–Trinajstić information content (AvgIpc) is 2.62. The highest BCUT2D eigenvalue weighted by molar-refractivity contribution is 6.92. The van der Waals surface area contributed by atoms with Crippen molar-refractivity contribution in [3.05, 3.63) is 48.6 Å². The van der Waals surface area contributed by atoms with Crippen LogP contribution in [0.3, 0.4) is 0 Å². The van der Waals surface area contributed by atoms with Crippen LogP contribution in [0.1, 0.15) is 41.5 Å². The summed E-state index contributed by atoms with van der Waals surface area (Å²) in [6.07, 6.45) is -8.49. The Morgan fingerprint density at radius 3 is 0.829 bits per heavy atom. The van der Waals surface area contributed by atoms with Gasteiger partial charge in [-0.2, -0.15) is 18.7 Å². The van der Waals surface area contributed by atoms with Crippen molar-refractivity contribution in [3.8, 4) is 0 Å².